The predicted molar refractivity (Wildman–Crippen MR) is 110 cm³/mol. The number of para-hydroxylation sites is 1. The SMILES string of the molecule is COc1cccc(-c2cc(F)ccc2[C@H]2Cc3nc(N)nc(C)c3C(=O)N2)c1OC. The van der Waals surface area contributed by atoms with E-state index in [2.05, 4.69) is 15.3 Å². The van der Waals surface area contributed by atoms with Crippen molar-refractivity contribution in [2.75, 3.05) is 20.0 Å². The van der Waals surface area contributed by atoms with Gasteiger partial charge in [0.25, 0.3) is 5.91 Å². The van der Waals surface area contributed by atoms with Gasteiger partial charge in [-0.1, -0.05) is 18.2 Å². The third-order valence-electron chi connectivity index (χ3n) is 5.20. The summed E-state index contributed by atoms with van der Waals surface area (Å²) in [7, 11) is 3.07. The maximum atomic E-state index is 14.2. The average Bonchev–Trinajstić information content (AvgIpc) is 2.72. The van der Waals surface area contributed by atoms with Gasteiger partial charge in [0, 0.05) is 12.0 Å². The van der Waals surface area contributed by atoms with Crippen molar-refractivity contribution in [1.29, 1.82) is 0 Å². The van der Waals surface area contributed by atoms with E-state index in [4.69, 9.17) is 15.2 Å². The Balaban J connectivity index is 1.86. The standard InChI is InChI=1S/C22H21FN4O3/c1-11-19-17(27-22(24)25-11)10-16(26-21(19)28)13-8-7-12(23)9-15(13)14-5-4-6-18(29-2)20(14)30-3/h4-9,16H,10H2,1-3H3,(H,26,28)(H2,24,25,27)/t16-/m1/s1. The van der Waals surface area contributed by atoms with Crippen LogP contribution in [-0.2, 0) is 6.42 Å². The van der Waals surface area contributed by atoms with Gasteiger partial charge in [-0.3, -0.25) is 4.79 Å². The summed E-state index contributed by atoms with van der Waals surface area (Å²) in [5, 5.41) is 2.99. The minimum absolute atomic E-state index is 0.119. The topological polar surface area (TPSA) is 99.4 Å². The van der Waals surface area contributed by atoms with Gasteiger partial charge < -0.3 is 20.5 Å². The summed E-state index contributed by atoms with van der Waals surface area (Å²) in [6.45, 7) is 1.72. The molecular formula is C22H21FN4O3. The molecule has 4 rings (SSSR count). The first-order chi connectivity index (χ1) is 14.4. The van der Waals surface area contributed by atoms with E-state index < -0.39 is 11.9 Å². The number of benzene rings is 2. The zero-order valence-corrected chi connectivity index (χ0v) is 16.8. The van der Waals surface area contributed by atoms with Crippen molar-refractivity contribution in [3.63, 3.8) is 0 Å². The number of nitrogens with one attached hydrogen (secondary N) is 1. The van der Waals surface area contributed by atoms with E-state index in [0.29, 0.717) is 46.0 Å². The number of anilines is 1. The van der Waals surface area contributed by atoms with Crippen LogP contribution >= 0.6 is 0 Å². The number of ether oxygens (including phenoxy) is 2. The molecule has 1 aliphatic rings. The molecule has 1 aromatic heterocycles. The molecule has 0 spiro atoms. The Morgan fingerprint density at radius 2 is 1.93 bits per heavy atom. The smallest absolute Gasteiger partial charge is 0.255 e. The van der Waals surface area contributed by atoms with Crippen LogP contribution in [0, 0.1) is 12.7 Å². The molecule has 0 bridgehead atoms. The molecule has 0 saturated heterocycles. The highest BCUT2D eigenvalue weighted by atomic mass is 19.1. The molecule has 30 heavy (non-hydrogen) atoms. The van der Waals surface area contributed by atoms with Gasteiger partial charge in [-0.05, 0) is 36.2 Å². The number of aryl methyl sites for hydroxylation is 1. The number of carbonyl (C=O) groups is 1. The van der Waals surface area contributed by atoms with Crippen molar-refractivity contribution >= 4 is 11.9 Å². The minimum atomic E-state index is -0.426. The molecule has 2 heterocycles. The number of carbonyl (C=O) groups excluding carboxylic acids is 1. The Morgan fingerprint density at radius 1 is 1.13 bits per heavy atom. The lowest BCUT2D eigenvalue weighted by Gasteiger charge is -2.28. The van der Waals surface area contributed by atoms with Gasteiger partial charge in [0.1, 0.15) is 5.82 Å². The van der Waals surface area contributed by atoms with Crippen LogP contribution in [0.3, 0.4) is 0 Å². The van der Waals surface area contributed by atoms with Gasteiger partial charge in [-0.15, -0.1) is 0 Å². The van der Waals surface area contributed by atoms with Crippen LogP contribution in [0.4, 0.5) is 10.3 Å². The van der Waals surface area contributed by atoms with Gasteiger partial charge in [0.15, 0.2) is 11.5 Å². The molecule has 1 amide bonds. The molecule has 0 saturated carbocycles. The molecule has 1 aliphatic heterocycles. The van der Waals surface area contributed by atoms with E-state index in [9.17, 15) is 9.18 Å². The van der Waals surface area contributed by atoms with Crippen molar-refractivity contribution in [2.45, 2.75) is 19.4 Å². The fourth-order valence-corrected chi connectivity index (χ4v) is 3.93. The second-order valence-electron chi connectivity index (χ2n) is 6.99. The predicted octanol–water partition coefficient (Wildman–Crippen LogP) is 3.22. The Morgan fingerprint density at radius 3 is 2.67 bits per heavy atom. The highest BCUT2D eigenvalue weighted by Crippen LogP contribution is 2.42. The van der Waals surface area contributed by atoms with Gasteiger partial charge in [-0.2, -0.15) is 0 Å². The third-order valence-corrected chi connectivity index (χ3v) is 5.20. The Labute approximate surface area is 173 Å². The summed E-state index contributed by atoms with van der Waals surface area (Å²) in [4.78, 5) is 21.1. The maximum absolute atomic E-state index is 14.2. The second kappa shape index (κ2) is 7.62. The average molecular weight is 408 g/mol. The van der Waals surface area contributed by atoms with Crippen LogP contribution in [0.15, 0.2) is 36.4 Å². The molecular weight excluding hydrogens is 387 g/mol. The molecule has 1 atom stereocenters. The quantitative estimate of drug-likeness (QED) is 0.688. The zero-order valence-electron chi connectivity index (χ0n) is 16.8. The van der Waals surface area contributed by atoms with Gasteiger partial charge >= 0.3 is 0 Å². The molecule has 8 heteroatoms. The molecule has 0 fully saturated rings. The van der Waals surface area contributed by atoms with E-state index in [1.165, 1.54) is 19.2 Å². The lowest BCUT2D eigenvalue weighted by Crippen LogP contribution is -2.37. The molecule has 0 aliphatic carbocycles. The lowest BCUT2D eigenvalue weighted by atomic mass is 9.88. The first-order valence-corrected chi connectivity index (χ1v) is 9.37. The largest absolute Gasteiger partial charge is 0.493 e. The number of hydrogen-bond donors (Lipinski definition) is 2. The van der Waals surface area contributed by atoms with E-state index >= 15 is 0 Å². The Bertz CT molecular complexity index is 1150. The Hall–Kier alpha value is -3.68. The van der Waals surface area contributed by atoms with Crippen LogP contribution in [0.1, 0.15) is 33.4 Å². The van der Waals surface area contributed by atoms with Crippen LogP contribution < -0.4 is 20.5 Å². The van der Waals surface area contributed by atoms with Crippen LogP contribution in [0.2, 0.25) is 0 Å². The van der Waals surface area contributed by atoms with E-state index in [0.717, 1.165) is 5.56 Å². The number of nitrogens with two attached hydrogens (primary N) is 1. The highest BCUT2D eigenvalue weighted by Gasteiger charge is 2.31. The summed E-state index contributed by atoms with van der Waals surface area (Å²) in [6.07, 6.45) is 0.402. The molecule has 3 N–H and O–H groups in total. The zero-order chi connectivity index (χ0) is 21.4. The summed E-state index contributed by atoms with van der Waals surface area (Å²) in [5.74, 6) is 0.444. The summed E-state index contributed by atoms with van der Waals surface area (Å²) in [5.41, 5.74) is 9.31. The summed E-state index contributed by atoms with van der Waals surface area (Å²) < 4.78 is 25.2. The summed E-state index contributed by atoms with van der Waals surface area (Å²) >= 11 is 0. The molecule has 3 aromatic rings. The van der Waals surface area contributed by atoms with Crippen molar-refractivity contribution < 1.29 is 18.7 Å². The number of fused-ring (bicyclic) bond motifs is 1. The van der Waals surface area contributed by atoms with E-state index in [-0.39, 0.29) is 11.9 Å². The number of aromatic nitrogens is 2. The highest BCUT2D eigenvalue weighted by molar-refractivity contribution is 5.98. The molecule has 0 unspecified atom stereocenters. The number of hydrogen-bond acceptors (Lipinski definition) is 6. The van der Waals surface area contributed by atoms with Crippen molar-refractivity contribution in [1.82, 2.24) is 15.3 Å². The van der Waals surface area contributed by atoms with Crippen molar-refractivity contribution in [2.24, 2.45) is 0 Å². The molecule has 154 valence electrons. The van der Waals surface area contributed by atoms with E-state index in [1.54, 1.807) is 32.2 Å². The number of nitrogen functional groups attached to an aromatic ring is 1. The van der Waals surface area contributed by atoms with Crippen LogP contribution in [0.5, 0.6) is 11.5 Å². The summed E-state index contributed by atoms with van der Waals surface area (Å²) in [6, 6.07) is 9.42. The fraction of sp³-hybridized carbons (Fsp3) is 0.227. The first kappa shape index (κ1) is 19.6. The van der Waals surface area contributed by atoms with Crippen molar-refractivity contribution in [3.05, 3.63) is 64.7 Å². The maximum Gasteiger partial charge on any atom is 0.255 e. The van der Waals surface area contributed by atoms with Crippen LogP contribution in [-0.4, -0.2) is 30.1 Å². The minimum Gasteiger partial charge on any atom is -0.493 e. The number of methoxy groups -OCH3 is 2. The van der Waals surface area contributed by atoms with Gasteiger partial charge in [-0.25, -0.2) is 14.4 Å². The molecule has 7 nitrogen and oxygen atoms in total. The number of amides is 1. The first-order valence-electron chi connectivity index (χ1n) is 9.37. The molecule has 2 aromatic carbocycles. The number of nitrogens with zero attached hydrogens (tertiary/aromatic N) is 2. The lowest BCUT2D eigenvalue weighted by molar-refractivity contribution is 0.0922. The van der Waals surface area contributed by atoms with Crippen LogP contribution in [0.25, 0.3) is 11.1 Å². The molecule has 0 radical (unpaired) electrons. The second-order valence-corrected chi connectivity index (χ2v) is 6.99. The number of halogens is 1. The third kappa shape index (κ3) is 3.30. The van der Waals surface area contributed by atoms with Gasteiger partial charge in [0.05, 0.1) is 37.2 Å². The number of rotatable bonds is 4. The fourth-order valence-electron chi connectivity index (χ4n) is 3.93. The van der Waals surface area contributed by atoms with Crippen molar-refractivity contribution in [3.8, 4) is 22.6 Å². The monoisotopic (exact) mass is 408 g/mol. The normalized spacial score (nSPS) is 15.3. The van der Waals surface area contributed by atoms with Gasteiger partial charge in [0.2, 0.25) is 5.95 Å². The Kier molecular flexibility index (Phi) is 4.99. The van der Waals surface area contributed by atoms with E-state index in [1.807, 2.05) is 6.07 Å².